The van der Waals surface area contributed by atoms with Crippen LogP contribution in [-0.4, -0.2) is 10.9 Å². The number of nitrogen functional groups attached to an aromatic ring is 1. The maximum atomic E-state index is 13.2. The van der Waals surface area contributed by atoms with Crippen LogP contribution in [0.3, 0.4) is 0 Å². The van der Waals surface area contributed by atoms with Crippen LogP contribution in [0.5, 0.6) is 0 Å². The van der Waals surface area contributed by atoms with Gasteiger partial charge in [0.25, 0.3) is 5.91 Å². The smallest absolute Gasteiger partial charge is 0.251 e. The fraction of sp³-hybridized carbons (Fsp3) is 0. The Morgan fingerprint density at radius 2 is 2.05 bits per heavy atom. The number of carbonyl (C=O) groups is 1. The molecule has 1 heterocycles. The number of nitrogens with one attached hydrogen (secondary N) is 1. The lowest BCUT2D eigenvalue weighted by atomic mass is 10.2. The van der Waals surface area contributed by atoms with Crippen LogP contribution in [0.25, 0.3) is 0 Å². The fourth-order valence-corrected chi connectivity index (χ4v) is 1.86. The molecule has 0 aliphatic carbocycles. The number of amides is 1. The van der Waals surface area contributed by atoms with Crippen LogP contribution in [0.4, 0.5) is 21.6 Å². The SMILES string of the molecule is NC(=O)c1cc(N)ncc1Nc1cc(F)ccc1Br. The van der Waals surface area contributed by atoms with Crippen molar-refractivity contribution < 1.29 is 9.18 Å². The minimum atomic E-state index is -0.649. The summed E-state index contributed by atoms with van der Waals surface area (Å²) in [7, 11) is 0. The highest BCUT2D eigenvalue weighted by Gasteiger charge is 2.11. The first kappa shape index (κ1) is 13.3. The normalized spacial score (nSPS) is 10.2. The molecule has 0 aliphatic rings. The van der Waals surface area contributed by atoms with Gasteiger partial charge in [0, 0.05) is 4.47 Å². The van der Waals surface area contributed by atoms with Gasteiger partial charge in [-0.05, 0) is 40.2 Å². The van der Waals surface area contributed by atoms with Crippen molar-refractivity contribution in [1.82, 2.24) is 4.98 Å². The summed E-state index contributed by atoms with van der Waals surface area (Å²) in [6.07, 6.45) is 1.37. The topological polar surface area (TPSA) is 94.0 Å². The van der Waals surface area contributed by atoms with Gasteiger partial charge in [-0.15, -0.1) is 0 Å². The Labute approximate surface area is 116 Å². The Kier molecular flexibility index (Phi) is 3.66. The predicted octanol–water partition coefficient (Wildman–Crippen LogP) is 2.41. The van der Waals surface area contributed by atoms with Crippen LogP contribution in [0.1, 0.15) is 10.4 Å². The fourth-order valence-electron chi connectivity index (χ4n) is 1.51. The molecule has 0 saturated carbocycles. The first-order valence-electron chi connectivity index (χ1n) is 5.25. The number of nitrogens with two attached hydrogens (primary N) is 2. The van der Waals surface area contributed by atoms with E-state index >= 15 is 0 Å². The molecule has 2 rings (SSSR count). The van der Waals surface area contributed by atoms with E-state index in [1.165, 1.54) is 24.4 Å². The summed E-state index contributed by atoms with van der Waals surface area (Å²) >= 11 is 3.27. The molecule has 0 fully saturated rings. The van der Waals surface area contributed by atoms with Gasteiger partial charge in [0.15, 0.2) is 0 Å². The zero-order valence-corrected chi connectivity index (χ0v) is 11.2. The van der Waals surface area contributed by atoms with Crippen molar-refractivity contribution in [2.45, 2.75) is 0 Å². The van der Waals surface area contributed by atoms with Crippen molar-refractivity contribution in [3.8, 4) is 0 Å². The number of nitrogens with zero attached hydrogens (tertiary/aromatic N) is 1. The van der Waals surface area contributed by atoms with Gasteiger partial charge < -0.3 is 16.8 Å². The Morgan fingerprint density at radius 3 is 2.74 bits per heavy atom. The number of rotatable bonds is 3. The maximum absolute atomic E-state index is 13.2. The van der Waals surface area contributed by atoms with Crippen LogP contribution in [0.15, 0.2) is 34.9 Å². The monoisotopic (exact) mass is 324 g/mol. The molecule has 5 nitrogen and oxygen atoms in total. The molecule has 5 N–H and O–H groups in total. The van der Waals surface area contributed by atoms with Gasteiger partial charge in [0.2, 0.25) is 0 Å². The second-order valence-corrected chi connectivity index (χ2v) is 4.62. The lowest BCUT2D eigenvalue weighted by molar-refractivity contribution is 0.100. The Hall–Kier alpha value is -2.15. The third-order valence-electron chi connectivity index (χ3n) is 2.39. The predicted molar refractivity (Wildman–Crippen MR) is 74.5 cm³/mol. The van der Waals surface area contributed by atoms with Gasteiger partial charge in [-0.2, -0.15) is 0 Å². The van der Waals surface area contributed by atoms with Crippen molar-refractivity contribution in [3.05, 3.63) is 46.3 Å². The van der Waals surface area contributed by atoms with Gasteiger partial charge in [-0.25, -0.2) is 9.37 Å². The summed E-state index contributed by atoms with van der Waals surface area (Å²) < 4.78 is 13.8. The summed E-state index contributed by atoms with van der Waals surface area (Å²) in [5.74, 6) is -0.878. The molecule has 1 aromatic heterocycles. The average molecular weight is 325 g/mol. The van der Waals surface area contributed by atoms with Crippen LogP contribution in [-0.2, 0) is 0 Å². The summed E-state index contributed by atoms with van der Waals surface area (Å²) in [5, 5.41) is 2.88. The molecule has 0 spiro atoms. The molecule has 0 saturated heterocycles. The number of hydrogen-bond donors (Lipinski definition) is 3. The molecule has 0 radical (unpaired) electrons. The molecule has 0 bridgehead atoms. The van der Waals surface area contributed by atoms with E-state index in [1.54, 1.807) is 6.07 Å². The van der Waals surface area contributed by atoms with E-state index in [1.807, 2.05) is 0 Å². The highest BCUT2D eigenvalue weighted by Crippen LogP contribution is 2.28. The quantitative estimate of drug-likeness (QED) is 0.808. The molecule has 1 aromatic carbocycles. The minimum Gasteiger partial charge on any atom is -0.384 e. The number of anilines is 3. The summed E-state index contributed by atoms with van der Waals surface area (Å²) in [6, 6.07) is 5.50. The third kappa shape index (κ3) is 3.00. The molecule has 7 heteroatoms. The minimum absolute atomic E-state index is 0.178. The molecule has 2 aromatic rings. The highest BCUT2D eigenvalue weighted by atomic mass is 79.9. The van der Waals surface area contributed by atoms with E-state index in [4.69, 9.17) is 11.5 Å². The number of aromatic nitrogens is 1. The highest BCUT2D eigenvalue weighted by molar-refractivity contribution is 9.10. The Morgan fingerprint density at radius 1 is 1.32 bits per heavy atom. The number of halogens is 2. The zero-order chi connectivity index (χ0) is 14.0. The number of primary amides is 1. The first-order valence-corrected chi connectivity index (χ1v) is 6.04. The van der Waals surface area contributed by atoms with Crippen LogP contribution in [0, 0.1) is 5.82 Å². The molecule has 19 heavy (non-hydrogen) atoms. The van der Waals surface area contributed by atoms with Gasteiger partial charge >= 0.3 is 0 Å². The number of hydrogen-bond acceptors (Lipinski definition) is 4. The van der Waals surface area contributed by atoms with Gasteiger partial charge in [0.05, 0.1) is 23.1 Å². The average Bonchev–Trinajstić information content (AvgIpc) is 2.35. The van der Waals surface area contributed by atoms with E-state index in [0.29, 0.717) is 15.8 Å². The molecule has 98 valence electrons. The van der Waals surface area contributed by atoms with E-state index < -0.39 is 11.7 Å². The summed E-state index contributed by atoms with van der Waals surface area (Å²) in [6.45, 7) is 0. The number of benzene rings is 1. The second kappa shape index (κ2) is 5.23. The van der Waals surface area contributed by atoms with Gasteiger partial charge in [0.1, 0.15) is 11.6 Å². The lowest BCUT2D eigenvalue weighted by Gasteiger charge is -2.11. The maximum Gasteiger partial charge on any atom is 0.251 e. The van der Waals surface area contributed by atoms with Gasteiger partial charge in [-0.1, -0.05) is 0 Å². The molecule has 1 amide bonds. The first-order chi connectivity index (χ1) is 8.97. The van der Waals surface area contributed by atoms with Crippen molar-refractivity contribution in [3.63, 3.8) is 0 Å². The largest absolute Gasteiger partial charge is 0.384 e. The molecular weight excluding hydrogens is 315 g/mol. The lowest BCUT2D eigenvalue weighted by Crippen LogP contribution is -2.14. The summed E-state index contributed by atoms with van der Waals surface area (Å²) in [5.41, 5.74) is 11.7. The molecular formula is C12H10BrFN4O. The summed E-state index contributed by atoms with van der Waals surface area (Å²) in [4.78, 5) is 15.2. The third-order valence-corrected chi connectivity index (χ3v) is 3.08. The van der Waals surface area contributed by atoms with Crippen LogP contribution < -0.4 is 16.8 Å². The Balaban J connectivity index is 2.43. The molecule has 0 atom stereocenters. The number of carbonyl (C=O) groups excluding carboxylic acids is 1. The molecule has 0 aliphatic heterocycles. The van der Waals surface area contributed by atoms with Crippen molar-refractivity contribution in [2.24, 2.45) is 5.73 Å². The van der Waals surface area contributed by atoms with E-state index in [0.717, 1.165) is 0 Å². The van der Waals surface area contributed by atoms with Crippen LogP contribution >= 0.6 is 15.9 Å². The van der Waals surface area contributed by atoms with Gasteiger partial charge in [-0.3, -0.25) is 4.79 Å². The van der Waals surface area contributed by atoms with E-state index in [2.05, 4.69) is 26.2 Å². The van der Waals surface area contributed by atoms with Crippen molar-refractivity contribution >= 4 is 39.0 Å². The van der Waals surface area contributed by atoms with E-state index in [-0.39, 0.29) is 11.4 Å². The second-order valence-electron chi connectivity index (χ2n) is 3.77. The van der Waals surface area contributed by atoms with Crippen molar-refractivity contribution in [2.75, 3.05) is 11.1 Å². The van der Waals surface area contributed by atoms with Crippen LogP contribution in [0.2, 0.25) is 0 Å². The van der Waals surface area contributed by atoms with Crippen molar-refractivity contribution in [1.29, 1.82) is 0 Å². The zero-order valence-electron chi connectivity index (χ0n) is 9.65. The van der Waals surface area contributed by atoms with E-state index in [9.17, 15) is 9.18 Å². The number of pyridine rings is 1. The Bertz CT molecular complexity index is 648. The molecule has 0 unspecified atom stereocenters. The standard InChI is InChI=1S/C12H10BrFN4O/c13-8-2-1-6(14)3-9(8)18-10-5-17-11(15)4-7(10)12(16)19/h1-5,18H,(H2,15,17)(H2,16,19).